The third-order valence-corrected chi connectivity index (χ3v) is 4.59. The first-order valence-electron chi connectivity index (χ1n) is 7.51. The van der Waals surface area contributed by atoms with Gasteiger partial charge in [0.05, 0.1) is 30.5 Å². The van der Waals surface area contributed by atoms with Gasteiger partial charge < -0.3 is 18.8 Å². The highest BCUT2D eigenvalue weighted by atomic mass is 16.7. The molecule has 0 radical (unpaired) electrons. The van der Waals surface area contributed by atoms with E-state index in [9.17, 15) is 0 Å². The van der Waals surface area contributed by atoms with Crippen LogP contribution in [0.2, 0.25) is 0 Å². The maximum atomic E-state index is 6.09. The first-order chi connectivity index (χ1) is 9.36. The van der Waals surface area contributed by atoms with E-state index in [0.29, 0.717) is 19.3 Å². The lowest BCUT2D eigenvalue weighted by Crippen LogP contribution is -2.41. The van der Waals surface area contributed by atoms with Gasteiger partial charge in [-0.3, -0.25) is 0 Å². The minimum atomic E-state index is -0.260. The van der Waals surface area contributed by atoms with Crippen molar-refractivity contribution in [3.63, 3.8) is 0 Å². The van der Waals surface area contributed by atoms with Gasteiger partial charge in [0.15, 0.2) is 0 Å². The van der Waals surface area contributed by atoms with E-state index in [1.54, 1.807) is 7.11 Å². The molecular weight excluding hydrogens is 255 g/mol. The van der Waals surface area contributed by atoms with Crippen LogP contribution in [-0.2, 0) is 18.8 Å². The van der Waals surface area contributed by atoms with Crippen LogP contribution in [0.3, 0.4) is 0 Å². The fourth-order valence-electron chi connectivity index (χ4n) is 2.49. The molecule has 5 heteroatoms. The fourth-order valence-corrected chi connectivity index (χ4v) is 2.49. The maximum absolute atomic E-state index is 6.09. The van der Waals surface area contributed by atoms with Crippen LogP contribution in [0.5, 0.6) is 0 Å². The molecule has 0 spiro atoms. The Morgan fingerprint density at radius 1 is 1.20 bits per heavy atom. The van der Waals surface area contributed by atoms with Gasteiger partial charge in [-0.25, -0.2) is 0 Å². The third kappa shape index (κ3) is 3.45. The summed E-state index contributed by atoms with van der Waals surface area (Å²) in [4.78, 5) is 0. The van der Waals surface area contributed by atoms with E-state index >= 15 is 0 Å². The van der Waals surface area contributed by atoms with Crippen molar-refractivity contribution in [1.29, 1.82) is 0 Å². The average Bonchev–Trinajstić information content (AvgIpc) is 2.60. The predicted octanol–water partition coefficient (Wildman–Crippen LogP) is 2.76. The van der Waals surface area contributed by atoms with Crippen molar-refractivity contribution in [2.24, 2.45) is 0 Å². The second-order valence-corrected chi connectivity index (χ2v) is 6.63. The molecule has 1 unspecified atom stereocenters. The summed E-state index contributed by atoms with van der Waals surface area (Å²) in [6, 6.07) is 0. The van der Waals surface area contributed by atoms with E-state index in [2.05, 4.69) is 33.8 Å². The summed E-state index contributed by atoms with van der Waals surface area (Å²) < 4.78 is 22.9. The molecule has 4 nitrogen and oxygen atoms in total. The lowest BCUT2D eigenvalue weighted by atomic mass is 9.72. The van der Waals surface area contributed by atoms with Crippen LogP contribution in [0.4, 0.5) is 0 Å². The summed E-state index contributed by atoms with van der Waals surface area (Å²) in [7, 11) is 1.50. The van der Waals surface area contributed by atoms with Crippen molar-refractivity contribution in [3.05, 3.63) is 11.5 Å². The Kier molecular flexibility index (Phi) is 4.95. The van der Waals surface area contributed by atoms with Crippen LogP contribution < -0.4 is 0 Å². The SMILES string of the molecule is COCCOC1CC=C(B2OC(C)(C)C(C)(C)O2)CC1. The maximum Gasteiger partial charge on any atom is 0.490 e. The zero-order valence-corrected chi connectivity index (χ0v) is 13.4. The predicted molar refractivity (Wildman–Crippen MR) is 79.6 cm³/mol. The van der Waals surface area contributed by atoms with Crippen molar-refractivity contribution in [2.45, 2.75) is 64.3 Å². The number of hydrogen-bond donors (Lipinski definition) is 0. The zero-order valence-electron chi connectivity index (χ0n) is 13.4. The molecular formula is C15H27BO4. The number of rotatable bonds is 5. The van der Waals surface area contributed by atoms with Gasteiger partial charge in [-0.2, -0.15) is 0 Å². The summed E-state index contributed by atoms with van der Waals surface area (Å²) in [6.45, 7) is 9.69. The average molecular weight is 282 g/mol. The second-order valence-electron chi connectivity index (χ2n) is 6.63. The van der Waals surface area contributed by atoms with Crippen molar-refractivity contribution in [1.82, 2.24) is 0 Å². The van der Waals surface area contributed by atoms with Crippen LogP contribution in [0.15, 0.2) is 11.5 Å². The highest BCUT2D eigenvalue weighted by molar-refractivity contribution is 6.54. The molecule has 0 aromatic rings. The first kappa shape index (κ1) is 16.0. The second kappa shape index (κ2) is 6.18. The third-order valence-electron chi connectivity index (χ3n) is 4.59. The zero-order chi connectivity index (χ0) is 14.8. The number of ether oxygens (including phenoxy) is 2. The van der Waals surface area contributed by atoms with Crippen molar-refractivity contribution < 1.29 is 18.8 Å². The molecule has 2 rings (SSSR count). The standard InChI is InChI=1S/C15H27BO4/c1-14(2)15(3,4)20-16(19-14)12-6-8-13(9-7-12)18-11-10-17-5/h6,13H,7-11H2,1-5H3. The number of allylic oxidation sites excluding steroid dienone is 1. The van der Waals surface area contributed by atoms with E-state index in [-0.39, 0.29) is 18.3 Å². The normalized spacial score (nSPS) is 28.6. The summed E-state index contributed by atoms with van der Waals surface area (Å²) in [5.74, 6) is 0. The molecule has 1 aliphatic heterocycles. The highest BCUT2D eigenvalue weighted by Crippen LogP contribution is 2.40. The molecule has 1 saturated heterocycles. The lowest BCUT2D eigenvalue weighted by molar-refractivity contribution is 0.00578. The van der Waals surface area contributed by atoms with Crippen LogP contribution in [0.25, 0.3) is 0 Å². The molecule has 2 aliphatic rings. The molecule has 0 saturated carbocycles. The van der Waals surface area contributed by atoms with Crippen molar-refractivity contribution >= 4 is 7.12 Å². The molecule has 1 atom stereocenters. The van der Waals surface area contributed by atoms with Gasteiger partial charge in [-0.05, 0) is 52.4 Å². The molecule has 0 bridgehead atoms. The summed E-state index contributed by atoms with van der Waals surface area (Å²) >= 11 is 0. The van der Waals surface area contributed by atoms with Gasteiger partial charge in [0.2, 0.25) is 0 Å². The van der Waals surface area contributed by atoms with E-state index in [1.807, 2.05) is 0 Å². The summed E-state index contributed by atoms with van der Waals surface area (Å²) in [5.41, 5.74) is 0.740. The van der Waals surface area contributed by atoms with E-state index in [0.717, 1.165) is 19.3 Å². The summed E-state index contributed by atoms with van der Waals surface area (Å²) in [5, 5.41) is 0. The largest absolute Gasteiger partial charge is 0.490 e. The fraction of sp³-hybridized carbons (Fsp3) is 0.867. The molecule has 0 amide bonds. The number of hydrogen-bond acceptors (Lipinski definition) is 4. The van der Waals surface area contributed by atoms with Gasteiger partial charge in [-0.15, -0.1) is 0 Å². The van der Waals surface area contributed by atoms with Crippen LogP contribution in [-0.4, -0.2) is 44.7 Å². The number of methoxy groups -OCH3 is 1. The van der Waals surface area contributed by atoms with Gasteiger partial charge in [-0.1, -0.05) is 6.08 Å². The van der Waals surface area contributed by atoms with Gasteiger partial charge in [0.1, 0.15) is 0 Å². The first-order valence-corrected chi connectivity index (χ1v) is 7.51. The van der Waals surface area contributed by atoms with Crippen molar-refractivity contribution in [2.75, 3.05) is 20.3 Å². The molecule has 20 heavy (non-hydrogen) atoms. The Hall–Kier alpha value is -0.355. The minimum absolute atomic E-state index is 0.195. The molecule has 0 N–H and O–H groups in total. The van der Waals surface area contributed by atoms with E-state index in [4.69, 9.17) is 18.8 Å². The molecule has 1 aliphatic carbocycles. The smallest absolute Gasteiger partial charge is 0.400 e. The van der Waals surface area contributed by atoms with Crippen molar-refractivity contribution in [3.8, 4) is 0 Å². The Labute approximate surface area is 122 Å². The van der Waals surface area contributed by atoms with Crippen LogP contribution in [0.1, 0.15) is 47.0 Å². The molecule has 1 fully saturated rings. The summed E-state index contributed by atoms with van der Waals surface area (Å²) in [6.07, 6.45) is 5.47. The van der Waals surface area contributed by atoms with E-state index < -0.39 is 0 Å². The Bertz CT molecular complexity index is 349. The van der Waals surface area contributed by atoms with Crippen LogP contribution >= 0.6 is 0 Å². The van der Waals surface area contributed by atoms with E-state index in [1.165, 1.54) is 5.47 Å². The molecule has 1 heterocycles. The Morgan fingerprint density at radius 3 is 2.35 bits per heavy atom. The quantitative estimate of drug-likeness (QED) is 0.574. The van der Waals surface area contributed by atoms with Gasteiger partial charge in [0.25, 0.3) is 0 Å². The van der Waals surface area contributed by atoms with Crippen LogP contribution in [0, 0.1) is 0 Å². The monoisotopic (exact) mass is 282 g/mol. The topological polar surface area (TPSA) is 36.9 Å². The molecule has 114 valence electrons. The Morgan fingerprint density at radius 2 is 1.85 bits per heavy atom. The molecule has 0 aromatic carbocycles. The highest BCUT2D eigenvalue weighted by Gasteiger charge is 2.52. The lowest BCUT2D eigenvalue weighted by Gasteiger charge is -2.32. The minimum Gasteiger partial charge on any atom is -0.400 e. The molecule has 0 aromatic heterocycles. The Balaban J connectivity index is 1.87. The van der Waals surface area contributed by atoms with Gasteiger partial charge in [0, 0.05) is 7.11 Å². The van der Waals surface area contributed by atoms with Gasteiger partial charge >= 0.3 is 7.12 Å².